The number of carbonyl (C=O) groups is 4. The Hall–Kier alpha value is -4.86. The second kappa shape index (κ2) is 17.7. The average molecular weight is 646 g/mol. The normalized spacial score (nSPS) is 13.1. The van der Waals surface area contributed by atoms with Gasteiger partial charge in [0.25, 0.3) is 0 Å². The van der Waals surface area contributed by atoms with E-state index < -0.39 is 47.6 Å². The monoisotopic (exact) mass is 645 g/mol. The summed E-state index contributed by atoms with van der Waals surface area (Å²) in [5, 5.41) is 8.14. The maximum absolute atomic E-state index is 13.7. The van der Waals surface area contributed by atoms with Gasteiger partial charge in [0, 0.05) is 12.8 Å². The lowest BCUT2D eigenvalue weighted by Gasteiger charge is -2.27. The number of hydrogen-bond acceptors (Lipinski definition) is 7. The molecule has 3 amide bonds. The van der Waals surface area contributed by atoms with Gasteiger partial charge in [-0.25, -0.2) is 14.4 Å². The molecule has 47 heavy (non-hydrogen) atoms. The molecule has 0 aliphatic heterocycles. The van der Waals surface area contributed by atoms with Crippen molar-refractivity contribution in [2.24, 2.45) is 5.92 Å². The van der Waals surface area contributed by atoms with Crippen LogP contribution in [0, 0.1) is 5.92 Å². The van der Waals surface area contributed by atoms with Gasteiger partial charge in [-0.3, -0.25) is 4.79 Å². The summed E-state index contributed by atoms with van der Waals surface area (Å²) in [6.45, 7) is 9.51. The third kappa shape index (κ3) is 13.2. The van der Waals surface area contributed by atoms with E-state index >= 15 is 0 Å². The molecule has 0 bridgehead atoms. The molecule has 10 heteroatoms. The van der Waals surface area contributed by atoms with Crippen molar-refractivity contribution < 1.29 is 33.4 Å². The summed E-state index contributed by atoms with van der Waals surface area (Å²) in [6.07, 6.45) is 0.649. The summed E-state index contributed by atoms with van der Waals surface area (Å²) < 4.78 is 16.4. The highest BCUT2D eigenvalue weighted by molar-refractivity contribution is 5.91. The topological polar surface area (TPSA) is 132 Å². The third-order valence-electron chi connectivity index (χ3n) is 7.02. The minimum Gasteiger partial charge on any atom is -0.489 e. The van der Waals surface area contributed by atoms with E-state index in [9.17, 15) is 19.2 Å². The Labute approximate surface area is 277 Å². The Morgan fingerprint density at radius 3 is 1.70 bits per heavy atom. The average Bonchev–Trinajstić information content (AvgIpc) is 3.03. The Kier molecular flexibility index (Phi) is 13.8. The van der Waals surface area contributed by atoms with Gasteiger partial charge in [-0.05, 0) is 61.9 Å². The molecule has 0 heterocycles. The lowest BCUT2D eigenvalue weighted by Crippen LogP contribution is -2.56. The minimum atomic E-state index is -1.03. The SMILES string of the molecule is COC(=O)[C@H](Cc1ccccc1)NC(=O)NC(CC(C)C)C(=O)N[C@@H](Cc1ccc(OCc2ccccc2)cc1)C(=O)OC(C)(C)C. The number of carbonyl (C=O) groups excluding carboxylic acids is 4. The molecule has 0 aliphatic carbocycles. The predicted octanol–water partition coefficient (Wildman–Crippen LogP) is 5.13. The molecule has 0 saturated carbocycles. The molecule has 3 rings (SSSR count). The summed E-state index contributed by atoms with van der Waals surface area (Å²) in [5.41, 5.74) is 1.86. The summed E-state index contributed by atoms with van der Waals surface area (Å²) >= 11 is 0. The van der Waals surface area contributed by atoms with Gasteiger partial charge in [0.15, 0.2) is 0 Å². The van der Waals surface area contributed by atoms with Crippen molar-refractivity contribution >= 4 is 23.9 Å². The van der Waals surface area contributed by atoms with Gasteiger partial charge in [0.1, 0.15) is 36.1 Å². The molecular formula is C37H47N3O7. The number of hydrogen-bond donors (Lipinski definition) is 3. The molecule has 3 aromatic rings. The van der Waals surface area contributed by atoms with Crippen LogP contribution in [0.2, 0.25) is 0 Å². The zero-order valence-electron chi connectivity index (χ0n) is 28.1. The highest BCUT2D eigenvalue weighted by Crippen LogP contribution is 2.17. The lowest BCUT2D eigenvalue weighted by atomic mass is 10.0. The first-order valence-corrected chi connectivity index (χ1v) is 15.8. The largest absolute Gasteiger partial charge is 0.489 e. The van der Waals surface area contributed by atoms with Gasteiger partial charge >= 0.3 is 18.0 Å². The predicted molar refractivity (Wildman–Crippen MR) is 180 cm³/mol. The van der Waals surface area contributed by atoms with E-state index in [0.29, 0.717) is 12.4 Å². The highest BCUT2D eigenvalue weighted by atomic mass is 16.6. The van der Waals surface area contributed by atoms with Crippen molar-refractivity contribution in [3.8, 4) is 5.75 Å². The molecule has 252 valence electrons. The van der Waals surface area contributed by atoms with E-state index in [0.717, 1.165) is 16.7 Å². The number of benzene rings is 3. The van der Waals surface area contributed by atoms with Crippen molar-refractivity contribution in [3.05, 3.63) is 102 Å². The van der Waals surface area contributed by atoms with Crippen LogP contribution >= 0.6 is 0 Å². The van der Waals surface area contributed by atoms with Gasteiger partial charge in [-0.2, -0.15) is 0 Å². The standard InChI is InChI=1S/C37H47N3O7/c1-25(2)21-30(39-36(44)40-31(34(42)45-6)22-26-13-9-7-10-14-26)33(41)38-32(35(43)47-37(3,4)5)23-27-17-19-29(20-18-27)46-24-28-15-11-8-12-16-28/h7-20,25,30-32H,21-24H2,1-6H3,(H,38,41)(H2,39,40,44)/t30?,31-,32-/m0/s1. The van der Waals surface area contributed by atoms with Crippen LogP contribution in [0.25, 0.3) is 0 Å². The molecule has 0 spiro atoms. The molecule has 0 aliphatic rings. The van der Waals surface area contributed by atoms with Crippen LogP contribution in [0.4, 0.5) is 4.79 Å². The number of amides is 3. The highest BCUT2D eigenvalue weighted by Gasteiger charge is 2.31. The zero-order chi connectivity index (χ0) is 34.4. The third-order valence-corrected chi connectivity index (χ3v) is 7.02. The van der Waals surface area contributed by atoms with Crippen molar-refractivity contribution in [2.45, 2.75) is 84.2 Å². The van der Waals surface area contributed by atoms with Crippen LogP contribution in [0.5, 0.6) is 5.75 Å². The van der Waals surface area contributed by atoms with Gasteiger partial charge in [0.2, 0.25) is 5.91 Å². The second-order valence-electron chi connectivity index (χ2n) is 12.8. The van der Waals surface area contributed by atoms with Crippen molar-refractivity contribution in [1.82, 2.24) is 16.0 Å². The van der Waals surface area contributed by atoms with Gasteiger partial charge in [-0.15, -0.1) is 0 Å². The fraction of sp³-hybridized carbons (Fsp3) is 0.405. The number of nitrogens with one attached hydrogen (secondary N) is 3. The Bertz CT molecular complexity index is 1440. The smallest absolute Gasteiger partial charge is 0.329 e. The van der Waals surface area contributed by atoms with Crippen molar-refractivity contribution in [2.75, 3.05) is 7.11 Å². The minimum absolute atomic E-state index is 0.0233. The summed E-state index contributed by atoms with van der Waals surface area (Å²) in [7, 11) is 1.25. The first-order valence-electron chi connectivity index (χ1n) is 15.8. The van der Waals surface area contributed by atoms with Gasteiger partial charge in [-0.1, -0.05) is 86.6 Å². The molecule has 3 N–H and O–H groups in total. The second-order valence-corrected chi connectivity index (χ2v) is 12.8. The van der Waals surface area contributed by atoms with Crippen LogP contribution in [0.3, 0.4) is 0 Å². The van der Waals surface area contributed by atoms with Crippen LogP contribution in [-0.2, 0) is 43.3 Å². The van der Waals surface area contributed by atoms with Crippen molar-refractivity contribution in [3.63, 3.8) is 0 Å². The first kappa shape index (κ1) is 36.6. The Balaban J connectivity index is 1.72. The molecular weight excluding hydrogens is 598 g/mol. The molecule has 0 aromatic heterocycles. The van der Waals surface area contributed by atoms with E-state index in [2.05, 4.69) is 16.0 Å². The van der Waals surface area contributed by atoms with E-state index in [4.69, 9.17) is 14.2 Å². The summed E-state index contributed by atoms with van der Waals surface area (Å²) in [4.78, 5) is 52.6. The number of urea groups is 1. The maximum Gasteiger partial charge on any atom is 0.329 e. The van der Waals surface area contributed by atoms with E-state index in [1.807, 2.05) is 98.8 Å². The van der Waals surface area contributed by atoms with Gasteiger partial charge < -0.3 is 30.2 Å². The Morgan fingerprint density at radius 1 is 0.660 bits per heavy atom. The number of rotatable bonds is 15. The molecule has 0 fully saturated rings. The molecule has 0 radical (unpaired) electrons. The molecule has 10 nitrogen and oxygen atoms in total. The Morgan fingerprint density at radius 2 is 1.17 bits per heavy atom. The summed E-state index contributed by atoms with van der Waals surface area (Å²) in [5.74, 6) is -1.08. The first-order chi connectivity index (χ1) is 22.3. The van der Waals surface area contributed by atoms with E-state index in [1.54, 1.807) is 20.8 Å². The van der Waals surface area contributed by atoms with Crippen LogP contribution in [-0.4, -0.2) is 54.7 Å². The zero-order valence-corrected chi connectivity index (χ0v) is 28.1. The number of methoxy groups -OCH3 is 1. The van der Waals surface area contributed by atoms with Crippen LogP contribution in [0.1, 0.15) is 57.7 Å². The fourth-order valence-electron chi connectivity index (χ4n) is 4.78. The van der Waals surface area contributed by atoms with E-state index in [-0.39, 0.29) is 25.2 Å². The maximum atomic E-state index is 13.7. The number of ether oxygens (including phenoxy) is 3. The van der Waals surface area contributed by atoms with E-state index in [1.165, 1.54) is 7.11 Å². The number of esters is 2. The molecule has 0 saturated heterocycles. The van der Waals surface area contributed by atoms with Gasteiger partial charge in [0.05, 0.1) is 7.11 Å². The van der Waals surface area contributed by atoms with Crippen LogP contribution in [0.15, 0.2) is 84.9 Å². The lowest BCUT2D eigenvalue weighted by molar-refractivity contribution is -0.158. The molecule has 1 unspecified atom stereocenters. The quantitative estimate of drug-likeness (QED) is 0.195. The van der Waals surface area contributed by atoms with Crippen LogP contribution < -0.4 is 20.7 Å². The molecule has 3 aromatic carbocycles. The fourth-order valence-corrected chi connectivity index (χ4v) is 4.78. The molecule has 3 atom stereocenters. The summed E-state index contributed by atoms with van der Waals surface area (Å²) in [6, 6.07) is 22.6. The van der Waals surface area contributed by atoms with Crippen molar-refractivity contribution in [1.29, 1.82) is 0 Å².